The summed E-state index contributed by atoms with van der Waals surface area (Å²) in [5, 5.41) is 2.99. The second-order valence-corrected chi connectivity index (χ2v) is 9.98. The van der Waals surface area contributed by atoms with Gasteiger partial charge in [-0.3, -0.25) is 4.79 Å². The van der Waals surface area contributed by atoms with Crippen LogP contribution in [-0.4, -0.2) is 51.4 Å². The van der Waals surface area contributed by atoms with Crippen LogP contribution >= 0.6 is 0 Å². The molecule has 0 unspecified atom stereocenters. The molecule has 3 rings (SSSR count). The molecule has 1 aliphatic heterocycles. The van der Waals surface area contributed by atoms with Crippen molar-refractivity contribution in [3.05, 3.63) is 29.8 Å². The third-order valence-electron chi connectivity index (χ3n) is 5.62. The molecule has 2 fully saturated rings. The van der Waals surface area contributed by atoms with Crippen molar-refractivity contribution in [3.63, 3.8) is 0 Å². The van der Waals surface area contributed by atoms with Crippen molar-refractivity contribution in [2.24, 2.45) is 5.92 Å². The summed E-state index contributed by atoms with van der Waals surface area (Å²) in [5.74, 6) is 0.902. The van der Waals surface area contributed by atoms with Gasteiger partial charge in [-0.2, -0.15) is 0 Å². The lowest BCUT2D eigenvalue weighted by Gasteiger charge is -2.30. The fourth-order valence-corrected chi connectivity index (χ4v) is 4.79. The van der Waals surface area contributed by atoms with Gasteiger partial charge in [0, 0.05) is 19.0 Å². The van der Waals surface area contributed by atoms with Gasteiger partial charge < -0.3 is 10.2 Å². The van der Waals surface area contributed by atoms with Crippen molar-refractivity contribution in [2.45, 2.75) is 62.8 Å². The van der Waals surface area contributed by atoms with Crippen molar-refractivity contribution >= 4 is 15.9 Å². The van der Waals surface area contributed by atoms with Gasteiger partial charge in [-0.1, -0.05) is 19.1 Å². The Morgan fingerprint density at radius 2 is 1.79 bits per heavy atom. The molecule has 2 N–H and O–H groups in total. The number of likely N-dealkylation sites (tertiary alicyclic amines) is 1. The molecule has 0 bridgehead atoms. The lowest BCUT2D eigenvalue weighted by Crippen LogP contribution is -2.35. The molecule has 0 atom stereocenters. The number of sulfonamides is 1. The van der Waals surface area contributed by atoms with Crippen LogP contribution in [0.25, 0.3) is 0 Å². The maximum atomic E-state index is 12.2. The summed E-state index contributed by atoms with van der Waals surface area (Å²) in [6.45, 7) is 6.44. The van der Waals surface area contributed by atoms with Gasteiger partial charge in [0.2, 0.25) is 15.9 Å². The minimum absolute atomic E-state index is 0.0550. The highest BCUT2D eigenvalue weighted by Gasteiger charge is 2.27. The third-order valence-corrected chi connectivity index (χ3v) is 7.16. The second-order valence-electron chi connectivity index (χ2n) is 8.27. The number of nitrogens with one attached hydrogen (secondary N) is 2. The van der Waals surface area contributed by atoms with Crippen molar-refractivity contribution in [2.75, 3.05) is 26.2 Å². The number of rotatable bonds is 10. The van der Waals surface area contributed by atoms with Crippen LogP contribution in [0.2, 0.25) is 0 Å². The first-order valence-electron chi connectivity index (χ1n) is 10.5. The minimum atomic E-state index is -3.41. The van der Waals surface area contributed by atoms with Crippen LogP contribution in [0.3, 0.4) is 0 Å². The van der Waals surface area contributed by atoms with Crippen LogP contribution in [0.4, 0.5) is 0 Å². The topological polar surface area (TPSA) is 78.5 Å². The van der Waals surface area contributed by atoms with E-state index in [-0.39, 0.29) is 11.9 Å². The predicted molar refractivity (Wildman–Crippen MR) is 111 cm³/mol. The Kier molecular flexibility index (Phi) is 7.48. The molecule has 0 spiro atoms. The van der Waals surface area contributed by atoms with E-state index in [1.165, 1.54) is 25.9 Å². The first kappa shape index (κ1) is 21.3. The summed E-state index contributed by atoms with van der Waals surface area (Å²) in [5.41, 5.74) is 0.975. The summed E-state index contributed by atoms with van der Waals surface area (Å²) in [6, 6.07) is 6.94. The van der Waals surface area contributed by atoms with E-state index in [9.17, 15) is 13.2 Å². The predicted octanol–water partition coefficient (Wildman–Crippen LogP) is 2.30. The first-order valence-corrected chi connectivity index (χ1v) is 12.0. The van der Waals surface area contributed by atoms with E-state index < -0.39 is 10.0 Å². The molecule has 1 aromatic carbocycles. The largest absolute Gasteiger partial charge is 0.356 e. The molecule has 0 aromatic heterocycles. The zero-order valence-corrected chi connectivity index (χ0v) is 17.6. The van der Waals surface area contributed by atoms with E-state index in [1.54, 1.807) is 24.3 Å². The van der Waals surface area contributed by atoms with Gasteiger partial charge in [-0.05, 0) is 81.8 Å². The molecule has 1 heterocycles. The van der Waals surface area contributed by atoms with Crippen LogP contribution in [-0.2, 0) is 21.2 Å². The number of hydrogen-bond donors (Lipinski definition) is 2. The highest BCUT2D eigenvalue weighted by atomic mass is 32.2. The number of aryl methyl sites for hydroxylation is 1. The fraction of sp³-hybridized carbons (Fsp3) is 0.667. The average Bonchev–Trinajstić information content (AvgIpc) is 3.48. The van der Waals surface area contributed by atoms with E-state index in [0.717, 1.165) is 43.8 Å². The summed E-state index contributed by atoms with van der Waals surface area (Å²) in [6.07, 6.45) is 6.43. The Morgan fingerprint density at radius 1 is 1.11 bits per heavy atom. The van der Waals surface area contributed by atoms with Crippen molar-refractivity contribution in [3.8, 4) is 0 Å². The standard InChI is InChI=1S/C21H33N3O3S/c1-17-11-15-24(16-12-17)14-2-13-22-21(25)10-5-18-3-8-20(9-4-18)28(26,27)23-19-6-7-19/h3-4,8-9,17,19,23H,2,5-7,10-16H2,1H3,(H,22,25). The number of piperidine rings is 1. The molecule has 28 heavy (non-hydrogen) atoms. The van der Waals surface area contributed by atoms with Gasteiger partial charge in [-0.15, -0.1) is 0 Å². The Hall–Kier alpha value is -1.44. The van der Waals surface area contributed by atoms with Crippen LogP contribution < -0.4 is 10.0 Å². The maximum absolute atomic E-state index is 12.2. The van der Waals surface area contributed by atoms with E-state index in [2.05, 4.69) is 21.9 Å². The molecule has 6 nitrogen and oxygen atoms in total. The number of benzene rings is 1. The highest BCUT2D eigenvalue weighted by molar-refractivity contribution is 7.89. The number of carbonyl (C=O) groups is 1. The van der Waals surface area contributed by atoms with E-state index in [4.69, 9.17) is 0 Å². The molecule has 1 saturated carbocycles. The number of nitrogens with zero attached hydrogens (tertiary/aromatic N) is 1. The van der Waals surface area contributed by atoms with Crippen molar-refractivity contribution in [1.82, 2.24) is 14.9 Å². The SMILES string of the molecule is CC1CCN(CCCNC(=O)CCc2ccc(S(=O)(=O)NC3CC3)cc2)CC1. The zero-order valence-electron chi connectivity index (χ0n) is 16.8. The highest BCUT2D eigenvalue weighted by Crippen LogP contribution is 2.22. The first-order chi connectivity index (χ1) is 13.4. The van der Waals surface area contributed by atoms with Gasteiger partial charge in [0.1, 0.15) is 0 Å². The smallest absolute Gasteiger partial charge is 0.240 e. The fourth-order valence-electron chi connectivity index (χ4n) is 3.49. The summed E-state index contributed by atoms with van der Waals surface area (Å²) < 4.78 is 27.0. The molecule has 1 aromatic rings. The lowest BCUT2D eigenvalue weighted by atomic mass is 9.99. The van der Waals surface area contributed by atoms with Crippen LogP contribution in [0.15, 0.2) is 29.2 Å². The van der Waals surface area contributed by atoms with E-state index >= 15 is 0 Å². The van der Waals surface area contributed by atoms with Gasteiger partial charge >= 0.3 is 0 Å². The van der Waals surface area contributed by atoms with Crippen LogP contribution in [0.1, 0.15) is 51.0 Å². The molecular weight excluding hydrogens is 374 g/mol. The quantitative estimate of drug-likeness (QED) is 0.584. The number of amides is 1. The molecular formula is C21H33N3O3S. The van der Waals surface area contributed by atoms with Crippen LogP contribution in [0.5, 0.6) is 0 Å². The average molecular weight is 408 g/mol. The van der Waals surface area contributed by atoms with Gasteiger partial charge in [-0.25, -0.2) is 13.1 Å². The molecule has 7 heteroatoms. The van der Waals surface area contributed by atoms with Gasteiger partial charge in [0.15, 0.2) is 0 Å². The van der Waals surface area contributed by atoms with Gasteiger partial charge in [0.25, 0.3) is 0 Å². The monoisotopic (exact) mass is 407 g/mol. The van der Waals surface area contributed by atoms with Crippen molar-refractivity contribution in [1.29, 1.82) is 0 Å². The third kappa shape index (κ3) is 6.87. The Labute approximate surface area is 169 Å². The molecule has 0 radical (unpaired) electrons. The second kappa shape index (κ2) is 9.85. The lowest BCUT2D eigenvalue weighted by molar-refractivity contribution is -0.121. The molecule has 1 amide bonds. The number of carbonyl (C=O) groups excluding carboxylic acids is 1. The normalized spacial score (nSPS) is 18.9. The molecule has 2 aliphatic rings. The zero-order chi connectivity index (χ0) is 20.0. The Morgan fingerprint density at radius 3 is 2.43 bits per heavy atom. The van der Waals surface area contributed by atoms with Crippen LogP contribution in [0, 0.1) is 5.92 Å². The summed E-state index contributed by atoms with van der Waals surface area (Å²) >= 11 is 0. The summed E-state index contributed by atoms with van der Waals surface area (Å²) in [7, 11) is -3.41. The van der Waals surface area contributed by atoms with E-state index in [1.807, 2.05) is 0 Å². The minimum Gasteiger partial charge on any atom is -0.356 e. The van der Waals surface area contributed by atoms with Gasteiger partial charge in [0.05, 0.1) is 4.90 Å². The Balaban J connectivity index is 1.32. The van der Waals surface area contributed by atoms with Crippen molar-refractivity contribution < 1.29 is 13.2 Å². The molecule has 1 saturated heterocycles. The Bertz CT molecular complexity index is 737. The molecule has 156 valence electrons. The maximum Gasteiger partial charge on any atom is 0.240 e. The van der Waals surface area contributed by atoms with E-state index in [0.29, 0.717) is 17.7 Å². The number of hydrogen-bond acceptors (Lipinski definition) is 4. The summed E-state index contributed by atoms with van der Waals surface area (Å²) in [4.78, 5) is 14.8. The molecule has 1 aliphatic carbocycles.